The Labute approximate surface area is 89.5 Å². The molecule has 4 nitrogen and oxygen atoms in total. The van der Waals surface area contributed by atoms with Crippen molar-refractivity contribution < 1.29 is 14.6 Å². The van der Waals surface area contributed by atoms with Gasteiger partial charge in [0.25, 0.3) is 0 Å². The topological polar surface area (TPSA) is 51.5 Å². The van der Waals surface area contributed by atoms with Crippen LogP contribution in [0.2, 0.25) is 0 Å². The SMILES string of the molecule is COC(=O)CCCn1cccc1C(C)O. The van der Waals surface area contributed by atoms with E-state index in [0.717, 1.165) is 18.7 Å². The fourth-order valence-corrected chi connectivity index (χ4v) is 1.51. The monoisotopic (exact) mass is 211 g/mol. The van der Waals surface area contributed by atoms with E-state index in [1.165, 1.54) is 7.11 Å². The molecule has 1 unspecified atom stereocenters. The minimum atomic E-state index is -0.474. The molecule has 0 saturated heterocycles. The molecule has 15 heavy (non-hydrogen) atoms. The molecule has 0 aromatic carbocycles. The fraction of sp³-hybridized carbons (Fsp3) is 0.545. The van der Waals surface area contributed by atoms with Gasteiger partial charge in [-0.1, -0.05) is 0 Å². The van der Waals surface area contributed by atoms with E-state index >= 15 is 0 Å². The summed E-state index contributed by atoms with van der Waals surface area (Å²) in [5.74, 6) is -0.194. The number of esters is 1. The van der Waals surface area contributed by atoms with Gasteiger partial charge in [0.2, 0.25) is 0 Å². The highest BCUT2D eigenvalue weighted by Crippen LogP contribution is 2.13. The number of aryl methyl sites for hydroxylation is 1. The number of carbonyl (C=O) groups excluding carboxylic acids is 1. The van der Waals surface area contributed by atoms with E-state index in [0.29, 0.717) is 6.42 Å². The third-order valence-electron chi connectivity index (χ3n) is 2.30. The quantitative estimate of drug-likeness (QED) is 0.751. The first-order chi connectivity index (χ1) is 7.15. The molecular weight excluding hydrogens is 194 g/mol. The summed E-state index contributed by atoms with van der Waals surface area (Å²) >= 11 is 0. The van der Waals surface area contributed by atoms with Crippen molar-refractivity contribution in [3.63, 3.8) is 0 Å². The van der Waals surface area contributed by atoms with E-state index in [2.05, 4.69) is 4.74 Å². The van der Waals surface area contributed by atoms with Gasteiger partial charge in [-0.3, -0.25) is 4.79 Å². The lowest BCUT2D eigenvalue weighted by Crippen LogP contribution is -2.07. The molecule has 1 heterocycles. The Balaban J connectivity index is 2.43. The third kappa shape index (κ3) is 3.40. The van der Waals surface area contributed by atoms with Crippen molar-refractivity contribution in [1.29, 1.82) is 0 Å². The summed E-state index contributed by atoms with van der Waals surface area (Å²) in [5, 5.41) is 9.44. The Morgan fingerprint density at radius 1 is 1.67 bits per heavy atom. The second-order valence-electron chi connectivity index (χ2n) is 3.48. The van der Waals surface area contributed by atoms with Gasteiger partial charge in [0.1, 0.15) is 0 Å². The van der Waals surface area contributed by atoms with Crippen molar-refractivity contribution in [1.82, 2.24) is 4.57 Å². The van der Waals surface area contributed by atoms with E-state index in [4.69, 9.17) is 0 Å². The molecule has 1 aromatic heterocycles. The van der Waals surface area contributed by atoms with Crippen LogP contribution >= 0.6 is 0 Å². The molecule has 0 fully saturated rings. The number of aliphatic hydroxyl groups excluding tert-OH is 1. The number of hydrogen-bond donors (Lipinski definition) is 1. The van der Waals surface area contributed by atoms with Gasteiger partial charge < -0.3 is 14.4 Å². The Bertz CT molecular complexity index is 317. The number of nitrogens with zero attached hydrogens (tertiary/aromatic N) is 1. The minimum absolute atomic E-state index is 0.194. The Morgan fingerprint density at radius 3 is 3.00 bits per heavy atom. The van der Waals surface area contributed by atoms with E-state index < -0.39 is 6.10 Å². The maximum absolute atomic E-state index is 10.9. The highest BCUT2D eigenvalue weighted by molar-refractivity contribution is 5.68. The summed E-state index contributed by atoms with van der Waals surface area (Å²) in [6.45, 7) is 2.45. The molecule has 0 amide bonds. The molecule has 1 N–H and O–H groups in total. The Kier molecular flexibility index (Phi) is 4.37. The van der Waals surface area contributed by atoms with Crippen LogP contribution in [0.3, 0.4) is 0 Å². The van der Waals surface area contributed by atoms with Crippen molar-refractivity contribution in [2.45, 2.75) is 32.4 Å². The van der Waals surface area contributed by atoms with Crippen molar-refractivity contribution in [3.05, 3.63) is 24.0 Å². The van der Waals surface area contributed by atoms with Crippen molar-refractivity contribution >= 4 is 5.97 Å². The van der Waals surface area contributed by atoms with Gasteiger partial charge >= 0.3 is 5.97 Å². The first kappa shape index (κ1) is 11.8. The third-order valence-corrected chi connectivity index (χ3v) is 2.30. The van der Waals surface area contributed by atoms with E-state index in [9.17, 15) is 9.90 Å². The zero-order valence-electron chi connectivity index (χ0n) is 9.14. The van der Waals surface area contributed by atoms with E-state index in [1.807, 2.05) is 22.9 Å². The molecule has 0 saturated carbocycles. The smallest absolute Gasteiger partial charge is 0.305 e. The first-order valence-corrected chi connectivity index (χ1v) is 5.05. The standard InChI is InChI=1S/C11H17NO3/c1-9(13)10-5-3-7-12(10)8-4-6-11(14)15-2/h3,5,7,9,13H,4,6,8H2,1-2H3. The summed E-state index contributed by atoms with van der Waals surface area (Å²) in [7, 11) is 1.39. The van der Waals surface area contributed by atoms with Crippen LogP contribution in [0.4, 0.5) is 0 Å². The van der Waals surface area contributed by atoms with Crippen molar-refractivity contribution in [3.8, 4) is 0 Å². The average molecular weight is 211 g/mol. The first-order valence-electron chi connectivity index (χ1n) is 5.05. The molecule has 0 aliphatic heterocycles. The molecule has 4 heteroatoms. The molecule has 0 bridgehead atoms. The average Bonchev–Trinajstić information content (AvgIpc) is 2.65. The lowest BCUT2D eigenvalue weighted by Gasteiger charge is -2.10. The normalized spacial score (nSPS) is 12.5. The molecule has 0 radical (unpaired) electrons. The molecule has 1 rings (SSSR count). The molecular formula is C11H17NO3. The van der Waals surface area contributed by atoms with Gasteiger partial charge in [0.15, 0.2) is 0 Å². The summed E-state index contributed by atoms with van der Waals surface area (Å²) in [5.41, 5.74) is 0.875. The summed E-state index contributed by atoms with van der Waals surface area (Å²) in [4.78, 5) is 10.9. The van der Waals surface area contributed by atoms with Crippen LogP contribution in [-0.2, 0) is 16.1 Å². The van der Waals surface area contributed by atoms with Crippen LogP contribution < -0.4 is 0 Å². The number of ether oxygens (including phenoxy) is 1. The number of methoxy groups -OCH3 is 1. The van der Waals surface area contributed by atoms with Gasteiger partial charge in [-0.25, -0.2) is 0 Å². The lowest BCUT2D eigenvalue weighted by molar-refractivity contribution is -0.140. The van der Waals surface area contributed by atoms with Gasteiger partial charge in [0.05, 0.1) is 13.2 Å². The highest BCUT2D eigenvalue weighted by atomic mass is 16.5. The Morgan fingerprint density at radius 2 is 2.40 bits per heavy atom. The molecule has 84 valence electrons. The summed E-state index contributed by atoms with van der Waals surface area (Å²) < 4.78 is 6.50. The second-order valence-corrected chi connectivity index (χ2v) is 3.48. The molecule has 0 aliphatic carbocycles. The van der Waals surface area contributed by atoms with Crippen LogP contribution in [0.15, 0.2) is 18.3 Å². The number of rotatable bonds is 5. The van der Waals surface area contributed by atoms with Crippen LogP contribution in [0.25, 0.3) is 0 Å². The van der Waals surface area contributed by atoms with Gasteiger partial charge in [-0.05, 0) is 25.5 Å². The van der Waals surface area contributed by atoms with Gasteiger partial charge in [-0.15, -0.1) is 0 Å². The van der Waals surface area contributed by atoms with Crippen molar-refractivity contribution in [2.75, 3.05) is 7.11 Å². The zero-order valence-corrected chi connectivity index (χ0v) is 9.14. The molecule has 0 aliphatic rings. The molecule has 1 atom stereocenters. The zero-order chi connectivity index (χ0) is 11.3. The van der Waals surface area contributed by atoms with Crippen LogP contribution in [0, 0.1) is 0 Å². The number of aliphatic hydroxyl groups is 1. The van der Waals surface area contributed by atoms with Crippen LogP contribution in [0.5, 0.6) is 0 Å². The number of carbonyl (C=O) groups is 1. The summed E-state index contributed by atoms with van der Waals surface area (Å²) in [6, 6.07) is 3.77. The summed E-state index contributed by atoms with van der Waals surface area (Å²) in [6.07, 6.45) is 2.56. The number of aromatic nitrogens is 1. The highest BCUT2D eigenvalue weighted by Gasteiger charge is 2.07. The second kappa shape index (κ2) is 5.56. The van der Waals surface area contributed by atoms with E-state index in [1.54, 1.807) is 6.92 Å². The van der Waals surface area contributed by atoms with Crippen LogP contribution in [0.1, 0.15) is 31.6 Å². The van der Waals surface area contributed by atoms with Gasteiger partial charge in [-0.2, -0.15) is 0 Å². The minimum Gasteiger partial charge on any atom is -0.469 e. The maximum atomic E-state index is 10.9. The number of hydrogen-bond acceptors (Lipinski definition) is 3. The fourth-order valence-electron chi connectivity index (χ4n) is 1.51. The predicted molar refractivity (Wildman–Crippen MR) is 56.3 cm³/mol. The molecule has 0 spiro atoms. The molecule has 1 aromatic rings. The largest absolute Gasteiger partial charge is 0.469 e. The lowest BCUT2D eigenvalue weighted by atomic mass is 10.2. The maximum Gasteiger partial charge on any atom is 0.305 e. The van der Waals surface area contributed by atoms with Gasteiger partial charge in [0, 0.05) is 24.9 Å². The predicted octanol–water partition coefficient (Wildman–Crippen LogP) is 1.49. The van der Waals surface area contributed by atoms with Crippen LogP contribution in [-0.4, -0.2) is 22.8 Å². The van der Waals surface area contributed by atoms with Crippen molar-refractivity contribution in [2.24, 2.45) is 0 Å². The Hall–Kier alpha value is -1.29. The van der Waals surface area contributed by atoms with E-state index in [-0.39, 0.29) is 5.97 Å².